The molecule has 0 rings (SSSR count). The SMILES string of the molecule is C#CCC(C(=O)OC)N(CC)CC. The molecule has 0 aliphatic carbocycles. The van der Waals surface area contributed by atoms with Crippen LogP contribution in [0, 0.1) is 12.3 Å². The predicted molar refractivity (Wildman–Crippen MR) is 52.2 cm³/mol. The Morgan fingerprint density at radius 3 is 2.38 bits per heavy atom. The second kappa shape index (κ2) is 6.50. The van der Waals surface area contributed by atoms with Crippen LogP contribution in [0.5, 0.6) is 0 Å². The van der Waals surface area contributed by atoms with Crippen molar-refractivity contribution in [1.82, 2.24) is 4.90 Å². The average molecular weight is 183 g/mol. The molecule has 1 unspecified atom stereocenters. The van der Waals surface area contributed by atoms with Crippen LogP contribution in [0.4, 0.5) is 0 Å². The fourth-order valence-corrected chi connectivity index (χ4v) is 1.27. The minimum absolute atomic E-state index is 0.248. The number of hydrogen-bond donors (Lipinski definition) is 0. The van der Waals surface area contributed by atoms with Crippen molar-refractivity contribution < 1.29 is 9.53 Å². The highest BCUT2D eigenvalue weighted by Crippen LogP contribution is 2.05. The van der Waals surface area contributed by atoms with Gasteiger partial charge in [0, 0.05) is 6.42 Å². The Hall–Kier alpha value is -1.01. The Bertz CT molecular complexity index is 192. The summed E-state index contributed by atoms with van der Waals surface area (Å²) in [7, 11) is 1.38. The van der Waals surface area contributed by atoms with E-state index in [1.807, 2.05) is 18.7 Å². The predicted octanol–water partition coefficient (Wildman–Crippen LogP) is 0.893. The first-order valence-corrected chi connectivity index (χ1v) is 4.46. The number of carbonyl (C=O) groups is 1. The molecule has 0 radical (unpaired) electrons. The van der Waals surface area contributed by atoms with Crippen LogP contribution in [-0.2, 0) is 9.53 Å². The molecule has 0 aliphatic rings. The summed E-state index contributed by atoms with van der Waals surface area (Å²) in [6.45, 7) is 5.60. The van der Waals surface area contributed by atoms with E-state index in [-0.39, 0.29) is 12.0 Å². The van der Waals surface area contributed by atoms with Crippen molar-refractivity contribution in [2.75, 3.05) is 20.2 Å². The second-order valence-corrected chi connectivity index (χ2v) is 2.67. The molecule has 1 atom stereocenters. The lowest BCUT2D eigenvalue weighted by atomic mass is 10.2. The summed E-state index contributed by atoms with van der Waals surface area (Å²) in [5.41, 5.74) is 0. The van der Waals surface area contributed by atoms with Crippen molar-refractivity contribution in [1.29, 1.82) is 0 Å². The van der Waals surface area contributed by atoms with E-state index in [9.17, 15) is 4.79 Å². The Morgan fingerprint density at radius 1 is 1.54 bits per heavy atom. The molecule has 3 nitrogen and oxygen atoms in total. The van der Waals surface area contributed by atoms with Crippen molar-refractivity contribution in [2.24, 2.45) is 0 Å². The molecule has 0 heterocycles. The third-order valence-corrected chi connectivity index (χ3v) is 2.04. The lowest BCUT2D eigenvalue weighted by molar-refractivity contribution is -0.146. The first-order chi connectivity index (χ1) is 6.21. The molecule has 0 aromatic rings. The van der Waals surface area contributed by atoms with E-state index < -0.39 is 0 Å². The van der Waals surface area contributed by atoms with Gasteiger partial charge in [0.25, 0.3) is 0 Å². The molecule has 0 fully saturated rings. The number of rotatable bonds is 5. The topological polar surface area (TPSA) is 29.5 Å². The van der Waals surface area contributed by atoms with Gasteiger partial charge in [-0.15, -0.1) is 12.3 Å². The molecule has 0 saturated heterocycles. The molecule has 0 aromatic carbocycles. The highest BCUT2D eigenvalue weighted by molar-refractivity contribution is 5.76. The maximum Gasteiger partial charge on any atom is 0.324 e. The van der Waals surface area contributed by atoms with Crippen LogP contribution in [-0.4, -0.2) is 37.1 Å². The largest absolute Gasteiger partial charge is 0.468 e. The first-order valence-electron chi connectivity index (χ1n) is 4.46. The van der Waals surface area contributed by atoms with Crippen LogP contribution < -0.4 is 0 Å². The zero-order valence-corrected chi connectivity index (χ0v) is 8.54. The van der Waals surface area contributed by atoms with Crippen molar-refractivity contribution in [3.63, 3.8) is 0 Å². The molecule has 0 saturated carbocycles. The number of nitrogens with zero attached hydrogens (tertiary/aromatic N) is 1. The highest BCUT2D eigenvalue weighted by Gasteiger charge is 2.23. The second-order valence-electron chi connectivity index (χ2n) is 2.67. The zero-order valence-electron chi connectivity index (χ0n) is 8.54. The Balaban J connectivity index is 4.39. The molecular weight excluding hydrogens is 166 g/mol. The minimum atomic E-state index is -0.287. The monoisotopic (exact) mass is 183 g/mol. The van der Waals surface area contributed by atoms with Crippen LogP contribution in [0.15, 0.2) is 0 Å². The smallest absolute Gasteiger partial charge is 0.324 e. The van der Waals surface area contributed by atoms with Gasteiger partial charge in [-0.05, 0) is 13.1 Å². The van der Waals surface area contributed by atoms with E-state index in [1.165, 1.54) is 7.11 Å². The summed E-state index contributed by atoms with van der Waals surface area (Å²) in [5.74, 6) is 2.24. The van der Waals surface area contributed by atoms with Crippen LogP contribution in [0.1, 0.15) is 20.3 Å². The van der Waals surface area contributed by atoms with Gasteiger partial charge in [0.2, 0.25) is 0 Å². The molecule has 13 heavy (non-hydrogen) atoms. The summed E-state index contributed by atoms with van der Waals surface area (Å²) in [4.78, 5) is 13.3. The Morgan fingerprint density at radius 2 is 2.08 bits per heavy atom. The quantitative estimate of drug-likeness (QED) is 0.468. The van der Waals surface area contributed by atoms with Crippen LogP contribution >= 0.6 is 0 Å². The van der Waals surface area contributed by atoms with E-state index >= 15 is 0 Å². The van der Waals surface area contributed by atoms with Crippen molar-refractivity contribution in [3.05, 3.63) is 0 Å². The van der Waals surface area contributed by atoms with E-state index in [0.29, 0.717) is 6.42 Å². The van der Waals surface area contributed by atoms with Gasteiger partial charge in [0.15, 0.2) is 0 Å². The van der Waals surface area contributed by atoms with Gasteiger partial charge in [-0.25, -0.2) is 0 Å². The van der Waals surface area contributed by atoms with Gasteiger partial charge >= 0.3 is 5.97 Å². The molecule has 3 heteroatoms. The summed E-state index contributed by atoms with van der Waals surface area (Å²) in [6, 6.07) is -0.287. The van der Waals surface area contributed by atoms with E-state index in [1.54, 1.807) is 0 Å². The van der Waals surface area contributed by atoms with Crippen molar-refractivity contribution in [3.8, 4) is 12.3 Å². The Kier molecular flexibility index (Phi) is 5.99. The summed E-state index contributed by atoms with van der Waals surface area (Å²) < 4.78 is 4.67. The minimum Gasteiger partial charge on any atom is -0.468 e. The van der Waals surface area contributed by atoms with Gasteiger partial charge in [0.05, 0.1) is 7.11 Å². The number of likely N-dealkylation sites (N-methyl/N-ethyl adjacent to an activating group) is 1. The number of hydrogen-bond acceptors (Lipinski definition) is 3. The fraction of sp³-hybridized carbons (Fsp3) is 0.700. The molecule has 0 bridgehead atoms. The van der Waals surface area contributed by atoms with Crippen LogP contribution in [0.25, 0.3) is 0 Å². The van der Waals surface area contributed by atoms with Gasteiger partial charge < -0.3 is 4.74 Å². The molecule has 0 amide bonds. The van der Waals surface area contributed by atoms with E-state index in [4.69, 9.17) is 6.42 Å². The number of esters is 1. The maximum atomic E-state index is 11.3. The summed E-state index contributed by atoms with van der Waals surface area (Å²) >= 11 is 0. The van der Waals surface area contributed by atoms with E-state index in [2.05, 4.69) is 10.7 Å². The molecule has 0 aliphatic heterocycles. The lowest BCUT2D eigenvalue weighted by Crippen LogP contribution is -2.41. The van der Waals surface area contributed by atoms with Crippen LogP contribution in [0.2, 0.25) is 0 Å². The first kappa shape index (κ1) is 12.0. The third-order valence-electron chi connectivity index (χ3n) is 2.04. The zero-order chi connectivity index (χ0) is 10.3. The normalized spacial score (nSPS) is 12.2. The summed E-state index contributed by atoms with van der Waals surface area (Å²) in [5, 5.41) is 0. The number of ether oxygens (including phenoxy) is 1. The molecular formula is C10H17NO2. The number of methoxy groups -OCH3 is 1. The molecule has 0 N–H and O–H groups in total. The fourth-order valence-electron chi connectivity index (χ4n) is 1.27. The van der Waals surface area contributed by atoms with Gasteiger partial charge in [-0.3, -0.25) is 9.69 Å². The number of carbonyl (C=O) groups excluding carboxylic acids is 1. The molecule has 74 valence electrons. The van der Waals surface area contributed by atoms with Crippen LogP contribution in [0.3, 0.4) is 0 Å². The number of terminal acetylenes is 1. The molecule has 0 aromatic heterocycles. The summed E-state index contributed by atoms with van der Waals surface area (Å²) in [6.07, 6.45) is 5.60. The van der Waals surface area contributed by atoms with E-state index in [0.717, 1.165) is 13.1 Å². The maximum absolute atomic E-state index is 11.3. The third kappa shape index (κ3) is 3.47. The highest BCUT2D eigenvalue weighted by atomic mass is 16.5. The molecule has 0 spiro atoms. The van der Waals surface area contributed by atoms with Crippen molar-refractivity contribution in [2.45, 2.75) is 26.3 Å². The Labute approximate surface area is 80.1 Å². The van der Waals surface area contributed by atoms with Gasteiger partial charge in [0.1, 0.15) is 6.04 Å². The van der Waals surface area contributed by atoms with Gasteiger partial charge in [-0.1, -0.05) is 13.8 Å². The average Bonchev–Trinajstić information content (AvgIpc) is 2.17. The lowest BCUT2D eigenvalue weighted by Gasteiger charge is -2.25. The van der Waals surface area contributed by atoms with Gasteiger partial charge in [-0.2, -0.15) is 0 Å². The standard InChI is InChI=1S/C10H17NO2/c1-5-8-9(10(12)13-4)11(6-2)7-3/h1,9H,6-8H2,2-4H3. The van der Waals surface area contributed by atoms with Crippen molar-refractivity contribution >= 4 is 5.97 Å².